The van der Waals surface area contributed by atoms with Crippen LogP contribution in [0.25, 0.3) is 0 Å². The van der Waals surface area contributed by atoms with E-state index in [1.54, 1.807) is 23.5 Å². The standard InChI is InChI=1S/C16H15N3O4S/c1-19-13(20)7-10(15(21)18-16-17-4-5-24-16)14(19)9-2-3-11-12(6-9)23-8-22-11/h2-6,10,14H,7-8H2,1H3,(H,17,18,21)/t10-,14-/m1/s1. The molecule has 1 saturated heterocycles. The fourth-order valence-electron chi connectivity index (χ4n) is 3.14. The number of fused-ring (bicyclic) bond motifs is 1. The van der Waals surface area contributed by atoms with Crippen molar-refractivity contribution in [3.05, 3.63) is 35.3 Å². The molecule has 2 aliphatic heterocycles. The maximum atomic E-state index is 12.6. The highest BCUT2D eigenvalue weighted by Gasteiger charge is 2.43. The molecule has 1 aromatic heterocycles. The van der Waals surface area contributed by atoms with Crippen LogP contribution in [0.4, 0.5) is 5.13 Å². The summed E-state index contributed by atoms with van der Waals surface area (Å²) in [4.78, 5) is 30.5. The van der Waals surface area contributed by atoms with Crippen LogP contribution in [0.3, 0.4) is 0 Å². The second kappa shape index (κ2) is 5.79. The number of aromatic nitrogens is 1. The van der Waals surface area contributed by atoms with Gasteiger partial charge in [0.05, 0.1) is 12.0 Å². The van der Waals surface area contributed by atoms with E-state index in [0.29, 0.717) is 16.6 Å². The van der Waals surface area contributed by atoms with Gasteiger partial charge in [0.2, 0.25) is 18.6 Å². The van der Waals surface area contributed by atoms with Crippen LogP contribution in [0.5, 0.6) is 11.5 Å². The van der Waals surface area contributed by atoms with Gasteiger partial charge in [0.1, 0.15) is 0 Å². The van der Waals surface area contributed by atoms with Gasteiger partial charge >= 0.3 is 0 Å². The molecule has 0 bridgehead atoms. The lowest BCUT2D eigenvalue weighted by molar-refractivity contribution is -0.127. The molecule has 0 unspecified atom stereocenters. The van der Waals surface area contributed by atoms with Gasteiger partial charge in [0.15, 0.2) is 16.6 Å². The molecule has 2 aromatic rings. The van der Waals surface area contributed by atoms with E-state index in [1.807, 2.05) is 18.2 Å². The van der Waals surface area contributed by atoms with Gasteiger partial charge in [0, 0.05) is 25.0 Å². The highest BCUT2D eigenvalue weighted by molar-refractivity contribution is 7.13. The Hall–Kier alpha value is -2.61. The van der Waals surface area contributed by atoms with Gasteiger partial charge in [-0.3, -0.25) is 9.59 Å². The van der Waals surface area contributed by atoms with E-state index in [4.69, 9.17) is 9.47 Å². The lowest BCUT2D eigenvalue weighted by Crippen LogP contribution is -2.30. The van der Waals surface area contributed by atoms with Crippen LogP contribution >= 0.6 is 11.3 Å². The van der Waals surface area contributed by atoms with Crippen LogP contribution in [0.1, 0.15) is 18.0 Å². The highest BCUT2D eigenvalue weighted by Crippen LogP contribution is 2.41. The quantitative estimate of drug-likeness (QED) is 0.921. The maximum Gasteiger partial charge on any atom is 0.232 e. The Morgan fingerprint density at radius 3 is 3.00 bits per heavy atom. The first-order chi connectivity index (χ1) is 11.6. The van der Waals surface area contributed by atoms with Crippen LogP contribution < -0.4 is 14.8 Å². The molecule has 0 spiro atoms. The minimum atomic E-state index is -0.480. The summed E-state index contributed by atoms with van der Waals surface area (Å²) in [7, 11) is 1.72. The molecular weight excluding hydrogens is 330 g/mol. The Labute approximate surface area is 142 Å². The van der Waals surface area contributed by atoms with Crippen LogP contribution in [0.2, 0.25) is 0 Å². The molecule has 0 radical (unpaired) electrons. The third-order valence-corrected chi connectivity index (χ3v) is 5.01. The Kier molecular flexibility index (Phi) is 3.61. The number of hydrogen-bond acceptors (Lipinski definition) is 6. The molecular formula is C16H15N3O4S. The number of benzene rings is 1. The number of nitrogens with zero attached hydrogens (tertiary/aromatic N) is 2. The lowest BCUT2D eigenvalue weighted by Gasteiger charge is -2.24. The summed E-state index contributed by atoms with van der Waals surface area (Å²) in [5, 5.41) is 5.11. The second-order valence-electron chi connectivity index (χ2n) is 5.70. The molecule has 1 N–H and O–H groups in total. The van der Waals surface area contributed by atoms with Gasteiger partial charge in [0.25, 0.3) is 0 Å². The zero-order valence-electron chi connectivity index (χ0n) is 12.9. The number of nitrogens with one attached hydrogen (secondary N) is 1. The molecule has 0 aliphatic carbocycles. The Bertz CT molecular complexity index is 793. The van der Waals surface area contributed by atoms with E-state index in [9.17, 15) is 9.59 Å². The molecule has 4 rings (SSSR count). The van der Waals surface area contributed by atoms with E-state index >= 15 is 0 Å². The van der Waals surface area contributed by atoms with Crippen molar-refractivity contribution in [2.75, 3.05) is 19.2 Å². The van der Waals surface area contributed by atoms with Gasteiger partial charge in [-0.25, -0.2) is 4.98 Å². The summed E-state index contributed by atoms with van der Waals surface area (Å²) in [5.41, 5.74) is 0.854. The van der Waals surface area contributed by atoms with Crippen molar-refractivity contribution < 1.29 is 19.1 Å². The van der Waals surface area contributed by atoms with Crippen molar-refractivity contribution in [1.29, 1.82) is 0 Å². The molecule has 124 valence electrons. The summed E-state index contributed by atoms with van der Waals surface area (Å²) < 4.78 is 10.7. The van der Waals surface area contributed by atoms with E-state index in [1.165, 1.54) is 11.3 Å². The molecule has 24 heavy (non-hydrogen) atoms. The number of rotatable bonds is 3. The molecule has 1 aromatic carbocycles. The summed E-state index contributed by atoms with van der Waals surface area (Å²) in [5.74, 6) is 0.572. The molecule has 2 aliphatic rings. The minimum Gasteiger partial charge on any atom is -0.454 e. The lowest BCUT2D eigenvalue weighted by atomic mass is 9.92. The summed E-state index contributed by atoms with van der Waals surface area (Å²) in [6.07, 6.45) is 1.80. The number of ether oxygens (including phenoxy) is 2. The third-order valence-electron chi connectivity index (χ3n) is 4.32. The zero-order valence-corrected chi connectivity index (χ0v) is 13.7. The number of likely N-dealkylation sites (tertiary alicyclic amines) is 1. The fraction of sp³-hybridized carbons (Fsp3) is 0.312. The number of carbonyl (C=O) groups is 2. The van der Waals surface area contributed by atoms with E-state index in [0.717, 1.165) is 5.56 Å². The van der Waals surface area contributed by atoms with E-state index in [-0.39, 0.29) is 31.1 Å². The molecule has 0 saturated carbocycles. The van der Waals surface area contributed by atoms with Crippen LogP contribution in [-0.2, 0) is 9.59 Å². The zero-order chi connectivity index (χ0) is 16.7. The van der Waals surface area contributed by atoms with Gasteiger partial charge in [-0.05, 0) is 17.7 Å². The Morgan fingerprint density at radius 1 is 1.38 bits per heavy atom. The molecule has 7 nitrogen and oxygen atoms in total. The summed E-state index contributed by atoms with van der Waals surface area (Å²) in [6, 6.07) is 5.18. The normalized spacial score (nSPS) is 22.0. The van der Waals surface area contributed by atoms with Gasteiger partial charge in [-0.1, -0.05) is 6.07 Å². The van der Waals surface area contributed by atoms with E-state index < -0.39 is 5.92 Å². The third kappa shape index (κ3) is 2.48. The molecule has 3 heterocycles. The van der Waals surface area contributed by atoms with Crippen molar-refractivity contribution >= 4 is 28.3 Å². The van der Waals surface area contributed by atoms with Crippen molar-refractivity contribution in [2.24, 2.45) is 5.92 Å². The SMILES string of the molecule is CN1C(=O)C[C@@H](C(=O)Nc2nccs2)[C@H]1c1ccc2c(c1)OCO2. The number of hydrogen-bond donors (Lipinski definition) is 1. The minimum absolute atomic E-state index is 0.0584. The fourth-order valence-corrected chi connectivity index (χ4v) is 3.67. The molecule has 1 fully saturated rings. The van der Waals surface area contributed by atoms with E-state index in [2.05, 4.69) is 10.3 Å². The highest BCUT2D eigenvalue weighted by atomic mass is 32.1. The predicted molar refractivity (Wildman–Crippen MR) is 86.9 cm³/mol. The molecule has 2 amide bonds. The van der Waals surface area contributed by atoms with Gasteiger partial charge in [-0.2, -0.15) is 0 Å². The second-order valence-corrected chi connectivity index (χ2v) is 6.59. The average Bonchev–Trinajstić information content (AvgIpc) is 3.28. The number of amides is 2. The largest absolute Gasteiger partial charge is 0.454 e. The van der Waals surface area contributed by atoms with Crippen LogP contribution in [0.15, 0.2) is 29.8 Å². The van der Waals surface area contributed by atoms with Crippen molar-refractivity contribution in [2.45, 2.75) is 12.5 Å². The summed E-state index contributed by atoms with van der Waals surface area (Å²) in [6.45, 7) is 0.187. The van der Waals surface area contributed by atoms with Crippen molar-refractivity contribution in [1.82, 2.24) is 9.88 Å². The first-order valence-electron chi connectivity index (χ1n) is 7.49. The smallest absolute Gasteiger partial charge is 0.232 e. The average molecular weight is 345 g/mol. The molecule has 2 atom stereocenters. The summed E-state index contributed by atoms with van der Waals surface area (Å²) >= 11 is 1.35. The van der Waals surface area contributed by atoms with Gasteiger partial charge in [-0.15, -0.1) is 11.3 Å². The Balaban J connectivity index is 1.63. The first-order valence-corrected chi connectivity index (χ1v) is 8.37. The van der Waals surface area contributed by atoms with Gasteiger partial charge < -0.3 is 19.7 Å². The van der Waals surface area contributed by atoms with Crippen LogP contribution in [0, 0.1) is 5.92 Å². The number of carbonyl (C=O) groups excluding carboxylic acids is 2. The number of anilines is 1. The first kappa shape index (κ1) is 14.9. The van der Waals surface area contributed by atoms with Crippen LogP contribution in [-0.4, -0.2) is 35.5 Å². The monoisotopic (exact) mass is 345 g/mol. The molecule has 8 heteroatoms. The van der Waals surface area contributed by atoms with Crippen molar-refractivity contribution in [3.8, 4) is 11.5 Å². The topological polar surface area (TPSA) is 80.8 Å². The maximum absolute atomic E-state index is 12.6. The van der Waals surface area contributed by atoms with Crippen molar-refractivity contribution in [3.63, 3.8) is 0 Å². The predicted octanol–water partition coefficient (Wildman–Crippen LogP) is 2.03. The Morgan fingerprint density at radius 2 is 2.21 bits per heavy atom. The number of thiazole rings is 1.